The molecule has 0 bridgehead atoms. The molecule has 19 heavy (non-hydrogen) atoms. The fourth-order valence-electron chi connectivity index (χ4n) is 3.10. The number of nitrogens with zero attached hydrogens (tertiary/aromatic N) is 1. The third kappa shape index (κ3) is 3.14. The summed E-state index contributed by atoms with van der Waals surface area (Å²) >= 11 is 3.72. The maximum Gasteiger partial charge on any atom is 0.0513 e. The minimum absolute atomic E-state index is 0.566. The highest BCUT2D eigenvalue weighted by atomic mass is 79.9. The average molecular weight is 325 g/mol. The highest BCUT2D eigenvalue weighted by molar-refractivity contribution is 9.10. The van der Waals surface area contributed by atoms with Crippen LogP contribution in [0.3, 0.4) is 0 Å². The summed E-state index contributed by atoms with van der Waals surface area (Å²) < 4.78 is 1.22. The Bertz CT molecular complexity index is 433. The third-order valence-corrected chi connectivity index (χ3v) is 5.08. The van der Waals surface area contributed by atoms with Gasteiger partial charge in [0.1, 0.15) is 0 Å². The van der Waals surface area contributed by atoms with Gasteiger partial charge < -0.3 is 10.2 Å². The summed E-state index contributed by atoms with van der Waals surface area (Å²) in [6, 6.07) is 7.88. The summed E-state index contributed by atoms with van der Waals surface area (Å²) in [5, 5.41) is 3.62. The molecule has 106 valence electrons. The predicted octanol–water partition coefficient (Wildman–Crippen LogP) is 3.97. The molecule has 1 aliphatic rings. The first-order valence-electron chi connectivity index (χ1n) is 7.30. The van der Waals surface area contributed by atoms with E-state index in [9.17, 15) is 0 Å². The topological polar surface area (TPSA) is 15.3 Å². The first kappa shape index (κ1) is 14.9. The van der Waals surface area contributed by atoms with Gasteiger partial charge in [0.15, 0.2) is 0 Å². The monoisotopic (exact) mass is 324 g/mol. The van der Waals surface area contributed by atoms with Crippen molar-refractivity contribution in [3.8, 4) is 0 Å². The van der Waals surface area contributed by atoms with Crippen molar-refractivity contribution in [3.05, 3.63) is 28.2 Å². The molecule has 0 radical (unpaired) electrons. The quantitative estimate of drug-likeness (QED) is 0.905. The molecule has 1 N–H and O–H groups in total. The van der Waals surface area contributed by atoms with Gasteiger partial charge in [-0.3, -0.25) is 0 Å². The molecule has 1 aliphatic heterocycles. The molecular formula is C16H25BrN2. The smallest absolute Gasteiger partial charge is 0.0513 e. The van der Waals surface area contributed by atoms with Crippen LogP contribution in [-0.2, 0) is 0 Å². The van der Waals surface area contributed by atoms with Crippen molar-refractivity contribution >= 4 is 21.6 Å². The number of aryl methyl sites for hydroxylation is 1. The maximum absolute atomic E-state index is 3.72. The Balaban J connectivity index is 2.18. The molecule has 1 aromatic carbocycles. The highest BCUT2D eigenvalue weighted by Gasteiger charge is 2.32. The second-order valence-corrected chi connectivity index (χ2v) is 6.56. The fraction of sp³-hybridized carbons (Fsp3) is 0.625. The Labute approximate surface area is 125 Å². The summed E-state index contributed by atoms with van der Waals surface area (Å²) in [6.45, 7) is 11.2. The largest absolute Gasteiger partial charge is 0.368 e. The van der Waals surface area contributed by atoms with Gasteiger partial charge in [-0.05, 0) is 66.4 Å². The molecular weight excluding hydrogens is 300 g/mol. The second-order valence-electron chi connectivity index (χ2n) is 5.70. The zero-order valence-corrected chi connectivity index (χ0v) is 14.0. The van der Waals surface area contributed by atoms with Crippen LogP contribution in [0.15, 0.2) is 22.7 Å². The summed E-state index contributed by atoms with van der Waals surface area (Å²) in [6.07, 6.45) is 1.22. The maximum atomic E-state index is 3.72. The molecule has 0 aliphatic carbocycles. The molecule has 0 aromatic heterocycles. The van der Waals surface area contributed by atoms with Gasteiger partial charge >= 0.3 is 0 Å². The molecule has 0 saturated carbocycles. The lowest BCUT2D eigenvalue weighted by Crippen LogP contribution is -2.53. The molecule has 2 nitrogen and oxygen atoms in total. The molecule has 1 heterocycles. The van der Waals surface area contributed by atoms with Crippen molar-refractivity contribution in [1.82, 2.24) is 5.32 Å². The predicted molar refractivity (Wildman–Crippen MR) is 86.9 cm³/mol. The Hall–Kier alpha value is -0.540. The van der Waals surface area contributed by atoms with Crippen LogP contribution in [0.1, 0.15) is 32.8 Å². The summed E-state index contributed by atoms with van der Waals surface area (Å²) in [5.74, 6) is 0.668. The molecule has 0 spiro atoms. The normalized spacial score (nSPS) is 27.6. The molecule has 3 atom stereocenters. The first-order chi connectivity index (χ1) is 9.04. The van der Waals surface area contributed by atoms with Crippen LogP contribution in [0.25, 0.3) is 0 Å². The fourth-order valence-corrected chi connectivity index (χ4v) is 3.82. The van der Waals surface area contributed by atoms with Gasteiger partial charge in [0, 0.05) is 23.1 Å². The van der Waals surface area contributed by atoms with Gasteiger partial charge in [0.25, 0.3) is 0 Å². The van der Waals surface area contributed by atoms with E-state index in [-0.39, 0.29) is 0 Å². The number of benzene rings is 1. The van der Waals surface area contributed by atoms with Gasteiger partial charge in [-0.2, -0.15) is 0 Å². The van der Waals surface area contributed by atoms with Crippen LogP contribution in [0, 0.1) is 12.8 Å². The van der Waals surface area contributed by atoms with Crippen molar-refractivity contribution in [1.29, 1.82) is 0 Å². The van der Waals surface area contributed by atoms with Crippen LogP contribution in [0.5, 0.6) is 0 Å². The lowest BCUT2D eigenvalue weighted by molar-refractivity contribution is 0.274. The minimum Gasteiger partial charge on any atom is -0.368 e. The van der Waals surface area contributed by atoms with E-state index in [4.69, 9.17) is 0 Å². The van der Waals surface area contributed by atoms with E-state index in [1.165, 1.54) is 22.1 Å². The first-order valence-corrected chi connectivity index (χ1v) is 8.10. The van der Waals surface area contributed by atoms with Crippen molar-refractivity contribution in [2.75, 3.05) is 18.0 Å². The number of rotatable bonds is 3. The van der Waals surface area contributed by atoms with E-state index >= 15 is 0 Å². The number of piperidine rings is 1. The zero-order valence-electron chi connectivity index (χ0n) is 12.4. The van der Waals surface area contributed by atoms with E-state index < -0.39 is 0 Å². The second kappa shape index (κ2) is 6.27. The minimum atomic E-state index is 0.566. The molecule has 1 fully saturated rings. The summed E-state index contributed by atoms with van der Waals surface area (Å²) in [7, 11) is 0. The van der Waals surface area contributed by atoms with Crippen LogP contribution >= 0.6 is 15.9 Å². The molecule has 1 aromatic rings. The number of nitrogens with one attached hydrogen (secondary N) is 1. The Morgan fingerprint density at radius 2 is 2.11 bits per heavy atom. The van der Waals surface area contributed by atoms with E-state index in [2.05, 4.69) is 72.0 Å². The van der Waals surface area contributed by atoms with Gasteiger partial charge in [-0.25, -0.2) is 0 Å². The van der Waals surface area contributed by atoms with E-state index in [0.717, 1.165) is 13.1 Å². The van der Waals surface area contributed by atoms with E-state index in [1.54, 1.807) is 0 Å². The van der Waals surface area contributed by atoms with Gasteiger partial charge in [-0.15, -0.1) is 0 Å². The molecule has 3 unspecified atom stereocenters. The lowest BCUT2D eigenvalue weighted by atomic mass is 9.86. The number of anilines is 1. The summed E-state index contributed by atoms with van der Waals surface area (Å²) in [4.78, 5) is 2.54. The molecule has 1 saturated heterocycles. The van der Waals surface area contributed by atoms with Crippen LogP contribution in [0.2, 0.25) is 0 Å². The molecule has 2 rings (SSSR count). The molecule has 3 heteroatoms. The Morgan fingerprint density at radius 3 is 2.74 bits per heavy atom. The third-order valence-electron chi connectivity index (χ3n) is 4.45. The van der Waals surface area contributed by atoms with E-state index in [0.29, 0.717) is 18.0 Å². The average Bonchev–Trinajstić information content (AvgIpc) is 2.37. The standard InChI is InChI=1S/C16H25BrN2/c1-5-18-15-8-9-19(13(4)12(15)3)16-7-6-11(2)10-14(16)17/h6-7,10,12-13,15,18H,5,8-9H2,1-4H3. The summed E-state index contributed by atoms with van der Waals surface area (Å²) in [5.41, 5.74) is 2.64. The van der Waals surface area contributed by atoms with Crippen molar-refractivity contribution in [3.63, 3.8) is 0 Å². The van der Waals surface area contributed by atoms with E-state index in [1.807, 2.05) is 0 Å². The lowest BCUT2D eigenvalue weighted by Gasteiger charge is -2.44. The van der Waals surface area contributed by atoms with Crippen LogP contribution < -0.4 is 10.2 Å². The Kier molecular flexibility index (Phi) is 4.91. The number of halogens is 1. The SMILES string of the molecule is CCNC1CCN(c2ccc(C)cc2Br)C(C)C1C. The number of hydrogen-bond donors (Lipinski definition) is 1. The van der Waals surface area contributed by atoms with Crippen molar-refractivity contribution < 1.29 is 0 Å². The van der Waals surface area contributed by atoms with Gasteiger partial charge in [0.2, 0.25) is 0 Å². The van der Waals surface area contributed by atoms with Gasteiger partial charge in [0.05, 0.1) is 5.69 Å². The highest BCUT2D eigenvalue weighted by Crippen LogP contribution is 2.34. The van der Waals surface area contributed by atoms with Crippen molar-refractivity contribution in [2.45, 2.75) is 46.2 Å². The Morgan fingerprint density at radius 1 is 1.37 bits per heavy atom. The van der Waals surface area contributed by atoms with Crippen LogP contribution in [0.4, 0.5) is 5.69 Å². The molecule has 0 amide bonds. The van der Waals surface area contributed by atoms with Crippen LogP contribution in [-0.4, -0.2) is 25.2 Å². The van der Waals surface area contributed by atoms with Gasteiger partial charge in [-0.1, -0.05) is 19.9 Å². The zero-order chi connectivity index (χ0) is 14.0. The number of hydrogen-bond acceptors (Lipinski definition) is 2. The van der Waals surface area contributed by atoms with Crippen molar-refractivity contribution in [2.24, 2.45) is 5.92 Å².